The Hall–Kier alpha value is -1.52. The number of nitrogens with zero attached hydrogens (tertiary/aromatic N) is 6. The second-order valence-electron chi connectivity index (χ2n) is 4.66. The van der Waals surface area contributed by atoms with E-state index in [0.29, 0.717) is 5.92 Å². The number of aryl methyl sites for hydroxylation is 1. The molecule has 0 bridgehead atoms. The molecule has 2 rings (SSSR count). The summed E-state index contributed by atoms with van der Waals surface area (Å²) < 4.78 is 2.09. The Labute approximate surface area is 101 Å². The monoisotopic (exact) mass is 234 g/mol. The lowest BCUT2D eigenvalue weighted by Gasteiger charge is -2.14. The van der Waals surface area contributed by atoms with E-state index in [1.807, 2.05) is 12.5 Å². The molecule has 0 saturated carbocycles. The molecule has 17 heavy (non-hydrogen) atoms. The summed E-state index contributed by atoms with van der Waals surface area (Å²) in [6.45, 7) is 6.13. The van der Waals surface area contributed by atoms with Crippen molar-refractivity contribution in [2.45, 2.75) is 25.9 Å². The van der Waals surface area contributed by atoms with Crippen LogP contribution in [0.4, 0.5) is 0 Å². The quantitative estimate of drug-likeness (QED) is 0.443. The van der Waals surface area contributed by atoms with E-state index >= 15 is 0 Å². The molecule has 1 fully saturated rings. The van der Waals surface area contributed by atoms with Crippen LogP contribution in [0.3, 0.4) is 0 Å². The van der Waals surface area contributed by atoms with Crippen LogP contribution in [-0.2, 0) is 6.54 Å². The Morgan fingerprint density at radius 2 is 2.35 bits per heavy atom. The van der Waals surface area contributed by atoms with Crippen molar-refractivity contribution >= 4 is 0 Å². The minimum absolute atomic E-state index is 0.147. The first-order chi connectivity index (χ1) is 8.29. The van der Waals surface area contributed by atoms with Crippen LogP contribution >= 0.6 is 0 Å². The minimum atomic E-state index is 0.147. The van der Waals surface area contributed by atoms with Crippen LogP contribution in [0.1, 0.15) is 13.3 Å². The van der Waals surface area contributed by atoms with Gasteiger partial charge in [0, 0.05) is 36.9 Å². The van der Waals surface area contributed by atoms with Crippen molar-refractivity contribution in [3.8, 4) is 0 Å². The maximum Gasteiger partial charge on any atom is 0.0945 e. The van der Waals surface area contributed by atoms with E-state index in [1.165, 1.54) is 0 Å². The molecule has 0 amide bonds. The lowest BCUT2D eigenvalue weighted by Crippen LogP contribution is -2.23. The van der Waals surface area contributed by atoms with Gasteiger partial charge in [-0.15, -0.1) is 0 Å². The number of aromatic nitrogens is 2. The lowest BCUT2D eigenvalue weighted by atomic mass is 10.1. The standard InChI is InChI=1S/C11H18N6/c1-10-7-17(8-11(10)14-15-12)5-2-4-16-6-3-13-9-16/h3,6,9-11H,2,4-5,7-8H2,1H3/t10-,11-/m1/s1. The second-order valence-corrected chi connectivity index (χ2v) is 4.66. The molecule has 2 atom stereocenters. The van der Waals surface area contributed by atoms with E-state index < -0.39 is 0 Å². The smallest absolute Gasteiger partial charge is 0.0945 e. The zero-order chi connectivity index (χ0) is 12.1. The van der Waals surface area contributed by atoms with Gasteiger partial charge in [0.2, 0.25) is 0 Å². The van der Waals surface area contributed by atoms with E-state index in [9.17, 15) is 0 Å². The summed E-state index contributed by atoms with van der Waals surface area (Å²) in [7, 11) is 0. The zero-order valence-electron chi connectivity index (χ0n) is 10.1. The highest BCUT2D eigenvalue weighted by Crippen LogP contribution is 2.19. The van der Waals surface area contributed by atoms with E-state index in [4.69, 9.17) is 5.53 Å². The van der Waals surface area contributed by atoms with E-state index in [0.717, 1.165) is 32.6 Å². The highest BCUT2D eigenvalue weighted by Gasteiger charge is 2.27. The van der Waals surface area contributed by atoms with Gasteiger partial charge in [0.1, 0.15) is 0 Å². The van der Waals surface area contributed by atoms with Gasteiger partial charge >= 0.3 is 0 Å². The lowest BCUT2D eigenvalue weighted by molar-refractivity contribution is 0.314. The maximum atomic E-state index is 8.46. The molecule has 0 N–H and O–H groups in total. The molecule has 6 nitrogen and oxygen atoms in total. The van der Waals surface area contributed by atoms with Gasteiger partial charge in [0.05, 0.1) is 12.4 Å². The molecule has 0 aliphatic carbocycles. The van der Waals surface area contributed by atoms with Gasteiger partial charge in [0.25, 0.3) is 0 Å². The largest absolute Gasteiger partial charge is 0.337 e. The molecule has 0 unspecified atom stereocenters. The Morgan fingerprint density at radius 3 is 3.06 bits per heavy atom. The minimum Gasteiger partial charge on any atom is -0.337 e. The molecule has 1 aromatic heterocycles. The van der Waals surface area contributed by atoms with E-state index in [1.54, 1.807) is 6.20 Å². The highest BCUT2D eigenvalue weighted by atomic mass is 15.2. The predicted octanol–water partition coefficient (Wildman–Crippen LogP) is 1.90. The summed E-state index contributed by atoms with van der Waals surface area (Å²) in [6.07, 6.45) is 6.73. The number of rotatable bonds is 5. The highest BCUT2D eigenvalue weighted by molar-refractivity contribution is 4.86. The Morgan fingerprint density at radius 1 is 1.47 bits per heavy atom. The third-order valence-electron chi connectivity index (χ3n) is 3.30. The van der Waals surface area contributed by atoms with Gasteiger partial charge in [-0.25, -0.2) is 4.98 Å². The Bertz CT molecular complexity index is 381. The first kappa shape index (κ1) is 12.0. The topological polar surface area (TPSA) is 69.8 Å². The Kier molecular flexibility index (Phi) is 4.01. The summed E-state index contributed by atoms with van der Waals surface area (Å²) in [6, 6.07) is 0.147. The summed E-state index contributed by atoms with van der Waals surface area (Å²) in [5, 5.41) is 3.84. The van der Waals surface area contributed by atoms with Crippen LogP contribution in [0.2, 0.25) is 0 Å². The number of imidazole rings is 1. The predicted molar refractivity (Wildman–Crippen MR) is 65.4 cm³/mol. The van der Waals surface area contributed by atoms with Crippen LogP contribution in [0.5, 0.6) is 0 Å². The molecule has 1 aliphatic heterocycles. The normalized spacial score (nSPS) is 24.8. The van der Waals surface area contributed by atoms with Crippen LogP contribution in [-0.4, -0.2) is 40.1 Å². The average molecular weight is 234 g/mol. The summed E-state index contributed by atoms with van der Waals surface area (Å²) >= 11 is 0. The fourth-order valence-electron chi connectivity index (χ4n) is 2.34. The molecular formula is C11H18N6. The molecule has 92 valence electrons. The molecule has 6 heteroatoms. The molecule has 0 aromatic carbocycles. The van der Waals surface area contributed by atoms with Gasteiger partial charge < -0.3 is 9.47 Å². The van der Waals surface area contributed by atoms with E-state index in [2.05, 4.69) is 31.4 Å². The SMILES string of the molecule is C[C@@H]1CN(CCCn2ccnc2)C[C@H]1N=[N+]=[N-]. The van der Waals surface area contributed by atoms with Crippen molar-refractivity contribution in [2.24, 2.45) is 11.0 Å². The van der Waals surface area contributed by atoms with Crippen LogP contribution < -0.4 is 0 Å². The fraction of sp³-hybridized carbons (Fsp3) is 0.727. The van der Waals surface area contributed by atoms with E-state index in [-0.39, 0.29) is 6.04 Å². The fourth-order valence-corrected chi connectivity index (χ4v) is 2.34. The molecular weight excluding hydrogens is 216 g/mol. The first-order valence-electron chi connectivity index (χ1n) is 6.02. The summed E-state index contributed by atoms with van der Waals surface area (Å²) in [5.41, 5.74) is 8.46. The van der Waals surface area contributed by atoms with Crippen molar-refractivity contribution in [3.05, 3.63) is 29.2 Å². The van der Waals surface area contributed by atoms with Crippen molar-refractivity contribution in [3.63, 3.8) is 0 Å². The molecule has 0 spiro atoms. The van der Waals surface area contributed by atoms with Gasteiger partial charge in [-0.2, -0.15) is 0 Å². The number of likely N-dealkylation sites (tertiary alicyclic amines) is 1. The zero-order valence-corrected chi connectivity index (χ0v) is 10.1. The molecule has 0 radical (unpaired) electrons. The summed E-state index contributed by atoms with van der Waals surface area (Å²) in [5.74, 6) is 0.471. The summed E-state index contributed by atoms with van der Waals surface area (Å²) in [4.78, 5) is 9.30. The number of hydrogen-bond acceptors (Lipinski definition) is 3. The Balaban J connectivity index is 1.72. The van der Waals surface area contributed by atoms with Crippen LogP contribution in [0.15, 0.2) is 23.8 Å². The van der Waals surface area contributed by atoms with Crippen molar-refractivity contribution in [1.29, 1.82) is 0 Å². The third kappa shape index (κ3) is 3.22. The van der Waals surface area contributed by atoms with Crippen LogP contribution in [0.25, 0.3) is 10.4 Å². The molecule has 2 heterocycles. The molecule has 1 saturated heterocycles. The van der Waals surface area contributed by atoms with Crippen molar-refractivity contribution < 1.29 is 0 Å². The van der Waals surface area contributed by atoms with Gasteiger partial charge in [-0.3, -0.25) is 0 Å². The molecule has 1 aromatic rings. The maximum absolute atomic E-state index is 8.46. The van der Waals surface area contributed by atoms with Gasteiger partial charge in [-0.1, -0.05) is 12.0 Å². The number of azide groups is 1. The average Bonchev–Trinajstić information content (AvgIpc) is 2.91. The van der Waals surface area contributed by atoms with Crippen molar-refractivity contribution in [2.75, 3.05) is 19.6 Å². The van der Waals surface area contributed by atoms with Gasteiger partial charge in [0.15, 0.2) is 0 Å². The second kappa shape index (κ2) is 5.70. The number of hydrogen-bond donors (Lipinski definition) is 0. The first-order valence-corrected chi connectivity index (χ1v) is 6.02. The molecule has 1 aliphatic rings. The van der Waals surface area contributed by atoms with Crippen LogP contribution in [0, 0.1) is 5.92 Å². The third-order valence-corrected chi connectivity index (χ3v) is 3.30. The van der Waals surface area contributed by atoms with Crippen molar-refractivity contribution in [1.82, 2.24) is 14.5 Å². The van der Waals surface area contributed by atoms with Gasteiger partial charge in [-0.05, 0) is 24.4 Å².